The Kier molecular flexibility index (Phi) is 5.23. The highest BCUT2D eigenvalue weighted by Crippen LogP contribution is 2.20. The molecule has 122 valence electrons. The Morgan fingerprint density at radius 1 is 1.13 bits per heavy atom. The van der Waals surface area contributed by atoms with E-state index < -0.39 is 5.95 Å². The van der Waals surface area contributed by atoms with Gasteiger partial charge in [0.05, 0.1) is 0 Å². The highest BCUT2D eigenvalue weighted by Gasteiger charge is 2.19. The largest absolute Gasteiger partial charge is 0.370 e. The molecule has 0 saturated carbocycles. The monoisotopic (exact) mass is 313 g/mol. The van der Waals surface area contributed by atoms with Crippen LogP contribution < -0.4 is 5.32 Å². The third kappa shape index (κ3) is 4.76. The molecule has 4 heteroatoms. The van der Waals surface area contributed by atoms with Gasteiger partial charge >= 0.3 is 0 Å². The summed E-state index contributed by atoms with van der Waals surface area (Å²) in [5.41, 5.74) is 2.70. The van der Waals surface area contributed by atoms with Crippen LogP contribution in [0.1, 0.15) is 24.0 Å². The molecule has 1 N–H and O–H groups in total. The number of nitrogens with one attached hydrogen (secondary N) is 1. The van der Waals surface area contributed by atoms with Crippen LogP contribution in [0.15, 0.2) is 42.5 Å². The predicted molar refractivity (Wildman–Crippen MR) is 91.9 cm³/mol. The molecule has 2 aromatic rings. The fraction of sp³-hybridized carbons (Fsp3) is 0.421. The first-order chi connectivity index (χ1) is 11.2. The minimum absolute atomic E-state index is 0.428. The molecule has 1 aromatic heterocycles. The summed E-state index contributed by atoms with van der Waals surface area (Å²) in [5, 5.41) is 3.26. The smallest absolute Gasteiger partial charge is 0.214 e. The van der Waals surface area contributed by atoms with Gasteiger partial charge in [-0.05, 0) is 56.5 Å². The molecule has 0 unspecified atom stereocenters. The van der Waals surface area contributed by atoms with E-state index in [9.17, 15) is 4.39 Å². The van der Waals surface area contributed by atoms with Crippen LogP contribution in [0.25, 0.3) is 0 Å². The minimum atomic E-state index is -0.428. The van der Waals surface area contributed by atoms with E-state index in [1.54, 1.807) is 6.07 Å². The molecule has 0 atom stereocenters. The van der Waals surface area contributed by atoms with Gasteiger partial charge in [-0.15, -0.1) is 0 Å². The van der Waals surface area contributed by atoms with Crippen LogP contribution in [0, 0.1) is 18.8 Å². The molecular weight excluding hydrogens is 289 g/mol. The lowest BCUT2D eigenvalue weighted by molar-refractivity contribution is 0.182. The quantitative estimate of drug-likeness (QED) is 0.850. The second kappa shape index (κ2) is 7.55. The van der Waals surface area contributed by atoms with Gasteiger partial charge in [0.1, 0.15) is 5.82 Å². The number of aromatic nitrogens is 1. The Morgan fingerprint density at radius 3 is 2.57 bits per heavy atom. The molecule has 0 spiro atoms. The zero-order chi connectivity index (χ0) is 16.1. The summed E-state index contributed by atoms with van der Waals surface area (Å²) < 4.78 is 13.1. The third-order valence-electron chi connectivity index (χ3n) is 4.52. The third-order valence-corrected chi connectivity index (χ3v) is 4.52. The van der Waals surface area contributed by atoms with Gasteiger partial charge in [0.15, 0.2) is 0 Å². The van der Waals surface area contributed by atoms with Gasteiger partial charge in [-0.2, -0.15) is 4.39 Å². The van der Waals surface area contributed by atoms with Crippen molar-refractivity contribution in [2.24, 2.45) is 5.92 Å². The second-order valence-electron chi connectivity index (χ2n) is 6.43. The van der Waals surface area contributed by atoms with E-state index in [1.807, 2.05) is 6.07 Å². The molecule has 23 heavy (non-hydrogen) atoms. The van der Waals surface area contributed by atoms with Gasteiger partial charge in [-0.1, -0.05) is 35.9 Å². The lowest BCUT2D eigenvalue weighted by Gasteiger charge is -2.32. The normalized spacial score (nSPS) is 16.4. The van der Waals surface area contributed by atoms with Crippen molar-refractivity contribution in [3.63, 3.8) is 0 Å². The molecule has 3 nitrogen and oxygen atoms in total. The number of aryl methyl sites for hydroxylation is 1. The van der Waals surface area contributed by atoms with E-state index in [0.29, 0.717) is 11.7 Å². The molecule has 1 aliphatic heterocycles. The summed E-state index contributed by atoms with van der Waals surface area (Å²) in [7, 11) is 0. The number of nitrogens with zero attached hydrogens (tertiary/aromatic N) is 2. The Hall–Kier alpha value is -1.94. The second-order valence-corrected chi connectivity index (χ2v) is 6.43. The standard InChI is InChI=1S/C19H24FN3/c1-15-5-7-17(8-6-15)14-23-11-9-16(10-12-23)13-21-19-4-2-3-18(20)22-19/h2-8,16H,9-14H2,1H3,(H,21,22). The number of benzene rings is 1. The summed E-state index contributed by atoms with van der Waals surface area (Å²) in [6, 6.07) is 13.7. The summed E-state index contributed by atoms with van der Waals surface area (Å²) in [6.45, 7) is 6.27. The number of likely N-dealkylation sites (tertiary alicyclic amines) is 1. The molecule has 0 aliphatic carbocycles. The maximum atomic E-state index is 13.1. The van der Waals surface area contributed by atoms with Crippen molar-refractivity contribution in [2.45, 2.75) is 26.3 Å². The number of halogens is 1. The average Bonchev–Trinajstić information content (AvgIpc) is 2.56. The molecule has 1 aliphatic rings. The zero-order valence-corrected chi connectivity index (χ0v) is 13.6. The fourth-order valence-corrected chi connectivity index (χ4v) is 3.06. The molecule has 0 amide bonds. The molecule has 0 bridgehead atoms. The number of anilines is 1. The summed E-state index contributed by atoms with van der Waals surface area (Å²) in [6.07, 6.45) is 2.35. The highest BCUT2D eigenvalue weighted by atomic mass is 19.1. The molecule has 1 fully saturated rings. The van der Waals surface area contributed by atoms with E-state index in [1.165, 1.54) is 30.0 Å². The van der Waals surface area contributed by atoms with Crippen molar-refractivity contribution in [1.82, 2.24) is 9.88 Å². The maximum Gasteiger partial charge on any atom is 0.214 e. The lowest BCUT2D eigenvalue weighted by atomic mass is 9.96. The van der Waals surface area contributed by atoms with E-state index in [2.05, 4.69) is 46.4 Å². The first-order valence-corrected chi connectivity index (χ1v) is 8.33. The van der Waals surface area contributed by atoms with Crippen molar-refractivity contribution in [2.75, 3.05) is 25.0 Å². The van der Waals surface area contributed by atoms with E-state index >= 15 is 0 Å². The molecule has 0 radical (unpaired) electrons. The number of pyridine rings is 1. The number of hydrogen-bond acceptors (Lipinski definition) is 3. The fourth-order valence-electron chi connectivity index (χ4n) is 3.06. The van der Waals surface area contributed by atoms with Gasteiger partial charge in [0, 0.05) is 13.1 Å². The van der Waals surface area contributed by atoms with Crippen LogP contribution in [-0.2, 0) is 6.54 Å². The maximum absolute atomic E-state index is 13.1. The van der Waals surface area contributed by atoms with Crippen LogP contribution in [0.4, 0.5) is 10.2 Å². The highest BCUT2D eigenvalue weighted by molar-refractivity contribution is 5.33. The summed E-state index contributed by atoms with van der Waals surface area (Å²) in [5.74, 6) is 0.837. The van der Waals surface area contributed by atoms with E-state index in [-0.39, 0.29) is 0 Å². The minimum Gasteiger partial charge on any atom is -0.370 e. The molecule has 2 heterocycles. The van der Waals surface area contributed by atoms with Crippen molar-refractivity contribution in [3.8, 4) is 0 Å². The van der Waals surface area contributed by atoms with Gasteiger partial charge in [-0.25, -0.2) is 4.98 Å². The van der Waals surface area contributed by atoms with Crippen LogP contribution in [0.5, 0.6) is 0 Å². The Balaban J connectivity index is 1.42. The number of rotatable bonds is 5. The van der Waals surface area contributed by atoms with Crippen LogP contribution in [0.2, 0.25) is 0 Å². The van der Waals surface area contributed by atoms with Crippen molar-refractivity contribution >= 4 is 5.82 Å². The first-order valence-electron chi connectivity index (χ1n) is 8.33. The molecule has 1 aromatic carbocycles. The summed E-state index contributed by atoms with van der Waals surface area (Å²) >= 11 is 0. The molecule has 1 saturated heterocycles. The predicted octanol–water partition coefficient (Wildman–Crippen LogP) is 3.85. The number of hydrogen-bond donors (Lipinski definition) is 1. The summed E-state index contributed by atoms with van der Waals surface area (Å²) in [4.78, 5) is 6.36. The number of piperidine rings is 1. The van der Waals surface area contributed by atoms with E-state index in [0.717, 1.165) is 26.2 Å². The SMILES string of the molecule is Cc1ccc(CN2CCC(CNc3cccc(F)n3)CC2)cc1. The Bertz CT molecular complexity index is 619. The van der Waals surface area contributed by atoms with Crippen molar-refractivity contribution in [3.05, 3.63) is 59.5 Å². The van der Waals surface area contributed by atoms with Crippen molar-refractivity contribution < 1.29 is 4.39 Å². The van der Waals surface area contributed by atoms with Gasteiger partial charge in [0.2, 0.25) is 5.95 Å². The Labute approximate surface area is 137 Å². The molecule has 3 rings (SSSR count). The zero-order valence-electron chi connectivity index (χ0n) is 13.6. The van der Waals surface area contributed by atoms with Gasteiger partial charge in [0.25, 0.3) is 0 Å². The van der Waals surface area contributed by atoms with Crippen molar-refractivity contribution in [1.29, 1.82) is 0 Å². The van der Waals surface area contributed by atoms with Crippen LogP contribution >= 0.6 is 0 Å². The Morgan fingerprint density at radius 2 is 1.87 bits per heavy atom. The van der Waals surface area contributed by atoms with Crippen LogP contribution in [0.3, 0.4) is 0 Å². The lowest BCUT2D eigenvalue weighted by Crippen LogP contribution is -2.35. The topological polar surface area (TPSA) is 28.2 Å². The van der Waals surface area contributed by atoms with E-state index in [4.69, 9.17) is 0 Å². The average molecular weight is 313 g/mol. The van der Waals surface area contributed by atoms with Gasteiger partial charge < -0.3 is 5.32 Å². The molecular formula is C19H24FN3. The van der Waals surface area contributed by atoms with Gasteiger partial charge in [-0.3, -0.25) is 4.90 Å². The van der Waals surface area contributed by atoms with Crippen LogP contribution in [-0.4, -0.2) is 29.5 Å². The first kappa shape index (κ1) is 15.9.